The molecule has 1 unspecified atom stereocenters. The van der Waals surface area contributed by atoms with Gasteiger partial charge >= 0.3 is 0 Å². The lowest BCUT2D eigenvalue weighted by atomic mass is 10.0. The van der Waals surface area contributed by atoms with Crippen molar-refractivity contribution in [3.05, 3.63) is 64.7 Å². The van der Waals surface area contributed by atoms with Crippen LogP contribution in [0.1, 0.15) is 47.7 Å². The molecule has 0 radical (unpaired) electrons. The number of anilines is 1. The summed E-state index contributed by atoms with van der Waals surface area (Å²) in [5.41, 5.74) is 12.3. The summed E-state index contributed by atoms with van der Waals surface area (Å²) in [6, 6.07) is 15.7. The standard InChI is InChI=1S/C18H22N2/c1-12-5-3-4-6-16(12)13(2)20-18-10-7-14-11-15(19)8-9-17(14)18/h3-6,8-9,11,13,18,20H,7,10,19H2,1-2H3/t13-,18?/m0/s1. The summed E-state index contributed by atoms with van der Waals surface area (Å²) in [4.78, 5) is 0. The SMILES string of the molecule is Cc1ccccc1[C@H](C)NC1CCc2cc(N)ccc21. The topological polar surface area (TPSA) is 38.0 Å². The molecule has 0 aromatic heterocycles. The van der Waals surface area contributed by atoms with Crippen molar-refractivity contribution in [3.63, 3.8) is 0 Å². The van der Waals surface area contributed by atoms with Crippen LogP contribution in [0.15, 0.2) is 42.5 Å². The van der Waals surface area contributed by atoms with E-state index >= 15 is 0 Å². The zero-order valence-corrected chi connectivity index (χ0v) is 12.2. The zero-order chi connectivity index (χ0) is 14.1. The molecule has 2 heteroatoms. The number of nitrogens with two attached hydrogens (primary N) is 1. The highest BCUT2D eigenvalue weighted by molar-refractivity contribution is 5.47. The zero-order valence-electron chi connectivity index (χ0n) is 12.2. The Bertz CT molecular complexity index is 619. The highest BCUT2D eigenvalue weighted by atomic mass is 15.0. The van der Waals surface area contributed by atoms with Crippen LogP contribution in [0.2, 0.25) is 0 Å². The first-order valence-electron chi connectivity index (χ1n) is 7.35. The molecule has 3 N–H and O–H groups in total. The smallest absolute Gasteiger partial charge is 0.0331 e. The van der Waals surface area contributed by atoms with Gasteiger partial charge in [0, 0.05) is 17.8 Å². The molecule has 0 spiro atoms. The minimum atomic E-state index is 0.365. The number of benzene rings is 2. The van der Waals surface area contributed by atoms with Gasteiger partial charge in [0.25, 0.3) is 0 Å². The van der Waals surface area contributed by atoms with Crippen LogP contribution < -0.4 is 11.1 Å². The maximum atomic E-state index is 5.87. The molecule has 2 aromatic carbocycles. The largest absolute Gasteiger partial charge is 0.399 e. The van der Waals surface area contributed by atoms with Gasteiger partial charge in [0.05, 0.1) is 0 Å². The Hall–Kier alpha value is -1.80. The Morgan fingerprint density at radius 2 is 2.00 bits per heavy atom. The predicted molar refractivity (Wildman–Crippen MR) is 84.6 cm³/mol. The van der Waals surface area contributed by atoms with E-state index in [-0.39, 0.29) is 0 Å². The summed E-state index contributed by atoms with van der Waals surface area (Å²) in [5.74, 6) is 0. The Labute approximate surface area is 121 Å². The van der Waals surface area contributed by atoms with Crippen molar-refractivity contribution >= 4 is 5.69 Å². The summed E-state index contributed by atoms with van der Waals surface area (Å²) in [6.45, 7) is 4.43. The lowest BCUT2D eigenvalue weighted by molar-refractivity contribution is 0.464. The number of nitrogens with one attached hydrogen (secondary N) is 1. The Morgan fingerprint density at radius 3 is 2.80 bits per heavy atom. The third-order valence-electron chi connectivity index (χ3n) is 4.35. The van der Waals surface area contributed by atoms with Gasteiger partial charge in [0.15, 0.2) is 0 Å². The van der Waals surface area contributed by atoms with E-state index in [0.29, 0.717) is 12.1 Å². The molecule has 0 saturated heterocycles. The first-order valence-corrected chi connectivity index (χ1v) is 7.35. The summed E-state index contributed by atoms with van der Waals surface area (Å²) < 4.78 is 0. The number of rotatable bonds is 3. The maximum absolute atomic E-state index is 5.87. The van der Waals surface area contributed by atoms with Crippen LogP contribution in [0, 0.1) is 6.92 Å². The lowest BCUT2D eigenvalue weighted by Crippen LogP contribution is -2.23. The minimum Gasteiger partial charge on any atom is -0.399 e. The monoisotopic (exact) mass is 266 g/mol. The lowest BCUT2D eigenvalue weighted by Gasteiger charge is -2.22. The van der Waals surface area contributed by atoms with E-state index < -0.39 is 0 Å². The van der Waals surface area contributed by atoms with E-state index in [1.54, 1.807) is 0 Å². The highest BCUT2D eigenvalue weighted by Crippen LogP contribution is 2.34. The van der Waals surface area contributed by atoms with Gasteiger partial charge in [0.1, 0.15) is 0 Å². The van der Waals surface area contributed by atoms with Gasteiger partial charge in [-0.3, -0.25) is 0 Å². The first-order chi connectivity index (χ1) is 9.65. The van der Waals surface area contributed by atoms with E-state index in [2.05, 4.69) is 55.6 Å². The van der Waals surface area contributed by atoms with Crippen molar-refractivity contribution in [1.82, 2.24) is 5.32 Å². The second-order valence-electron chi connectivity index (χ2n) is 5.79. The molecule has 104 valence electrons. The second-order valence-corrected chi connectivity index (χ2v) is 5.79. The fraction of sp³-hybridized carbons (Fsp3) is 0.333. The molecule has 0 fully saturated rings. The summed E-state index contributed by atoms with van der Waals surface area (Å²) >= 11 is 0. The van der Waals surface area contributed by atoms with Crippen LogP contribution >= 0.6 is 0 Å². The third-order valence-corrected chi connectivity index (χ3v) is 4.35. The first kappa shape index (κ1) is 13.2. The van der Waals surface area contributed by atoms with Crippen molar-refractivity contribution in [2.24, 2.45) is 0 Å². The van der Waals surface area contributed by atoms with E-state index in [1.807, 2.05) is 6.07 Å². The predicted octanol–water partition coefficient (Wildman–Crippen LogP) is 3.92. The number of hydrogen-bond donors (Lipinski definition) is 2. The van der Waals surface area contributed by atoms with Crippen LogP contribution in [0.3, 0.4) is 0 Å². The van der Waals surface area contributed by atoms with Gasteiger partial charge in [0.2, 0.25) is 0 Å². The van der Waals surface area contributed by atoms with Gasteiger partial charge in [-0.1, -0.05) is 30.3 Å². The van der Waals surface area contributed by atoms with Gasteiger partial charge in [-0.2, -0.15) is 0 Å². The fourth-order valence-electron chi connectivity index (χ4n) is 3.27. The molecule has 2 atom stereocenters. The van der Waals surface area contributed by atoms with Gasteiger partial charge in [-0.05, 0) is 61.1 Å². The average molecular weight is 266 g/mol. The number of hydrogen-bond acceptors (Lipinski definition) is 2. The number of nitrogen functional groups attached to an aromatic ring is 1. The van der Waals surface area contributed by atoms with Crippen LogP contribution in [-0.2, 0) is 6.42 Å². The Morgan fingerprint density at radius 1 is 1.20 bits per heavy atom. The van der Waals surface area contributed by atoms with Crippen molar-refractivity contribution in [2.75, 3.05) is 5.73 Å². The van der Waals surface area contributed by atoms with E-state index in [0.717, 1.165) is 18.5 Å². The molecule has 0 amide bonds. The van der Waals surface area contributed by atoms with Crippen LogP contribution in [0.5, 0.6) is 0 Å². The van der Waals surface area contributed by atoms with Crippen molar-refractivity contribution in [1.29, 1.82) is 0 Å². The summed E-state index contributed by atoms with van der Waals surface area (Å²) in [5, 5.41) is 3.77. The van der Waals surface area contributed by atoms with Gasteiger partial charge in [-0.25, -0.2) is 0 Å². The number of fused-ring (bicyclic) bond motifs is 1. The molecule has 2 aromatic rings. The molecular formula is C18H22N2. The fourth-order valence-corrected chi connectivity index (χ4v) is 3.27. The Balaban J connectivity index is 1.79. The summed E-state index contributed by atoms with van der Waals surface area (Å²) in [7, 11) is 0. The molecular weight excluding hydrogens is 244 g/mol. The molecule has 20 heavy (non-hydrogen) atoms. The molecule has 1 aliphatic rings. The van der Waals surface area contributed by atoms with Crippen molar-refractivity contribution < 1.29 is 0 Å². The van der Waals surface area contributed by atoms with Crippen LogP contribution in [0.4, 0.5) is 5.69 Å². The molecule has 0 saturated carbocycles. The number of aryl methyl sites for hydroxylation is 2. The molecule has 1 aliphatic carbocycles. The van der Waals surface area contributed by atoms with Crippen LogP contribution in [0.25, 0.3) is 0 Å². The summed E-state index contributed by atoms with van der Waals surface area (Å²) in [6.07, 6.45) is 2.29. The third kappa shape index (κ3) is 2.44. The van der Waals surface area contributed by atoms with E-state index in [1.165, 1.54) is 22.3 Å². The van der Waals surface area contributed by atoms with Crippen LogP contribution in [-0.4, -0.2) is 0 Å². The molecule has 0 heterocycles. The molecule has 3 rings (SSSR count). The van der Waals surface area contributed by atoms with Crippen molar-refractivity contribution in [3.8, 4) is 0 Å². The van der Waals surface area contributed by atoms with E-state index in [9.17, 15) is 0 Å². The second kappa shape index (κ2) is 5.29. The highest BCUT2D eigenvalue weighted by Gasteiger charge is 2.24. The molecule has 0 bridgehead atoms. The van der Waals surface area contributed by atoms with Crippen molar-refractivity contribution in [2.45, 2.75) is 38.8 Å². The minimum absolute atomic E-state index is 0.365. The Kier molecular flexibility index (Phi) is 3.49. The maximum Gasteiger partial charge on any atom is 0.0331 e. The van der Waals surface area contributed by atoms with Gasteiger partial charge in [-0.15, -0.1) is 0 Å². The van der Waals surface area contributed by atoms with E-state index in [4.69, 9.17) is 5.73 Å². The average Bonchev–Trinajstić information content (AvgIpc) is 2.81. The quantitative estimate of drug-likeness (QED) is 0.826. The van der Waals surface area contributed by atoms with Gasteiger partial charge < -0.3 is 11.1 Å². The molecule has 0 aliphatic heterocycles. The normalized spacial score (nSPS) is 18.8. The molecule has 2 nitrogen and oxygen atoms in total.